The quantitative estimate of drug-likeness (QED) is 0.618. The van der Waals surface area contributed by atoms with Crippen LogP contribution in [0.3, 0.4) is 0 Å². The maximum Gasteiger partial charge on any atom is 0.311 e. The molecule has 0 amide bonds. The van der Waals surface area contributed by atoms with Crippen molar-refractivity contribution in [3.05, 3.63) is 28.3 Å². The third-order valence-corrected chi connectivity index (χ3v) is 4.94. The number of nitro benzene ring substituents is 1. The Bertz CT molecular complexity index is 572. The maximum atomic E-state index is 11.0. The van der Waals surface area contributed by atoms with E-state index in [1.807, 2.05) is 6.07 Å². The molecular formula is C16H24N4O3. The van der Waals surface area contributed by atoms with Crippen molar-refractivity contribution in [2.45, 2.75) is 12.5 Å². The number of hydrogen-bond donors (Lipinski definition) is 0. The molecule has 2 saturated heterocycles. The lowest BCUT2D eigenvalue weighted by atomic mass is 10.2. The molecule has 23 heavy (non-hydrogen) atoms. The van der Waals surface area contributed by atoms with Gasteiger partial charge in [0.05, 0.1) is 12.0 Å². The first-order valence-corrected chi connectivity index (χ1v) is 8.08. The number of rotatable bonds is 4. The molecule has 1 aromatic carbocycles. The zero-order valence-electron chi connectivity index (χ0n) is 13.8. The van der Waals surface area contributed by atoms with Gasteiger partial charge < -0.3 is 14.5 Å². The van der Waals surface area contributed by atoms with E-state index in [0.717, 1.165) is 51.4 Å². The monoisotopic (exact) mass is 320 g/mol. The first-order valence-electron chi connectivity index (χ1n) is 8.08. The van der Waals surface area contributed by atoms with E-state index in [1.54, 1.807) is 6.07 Å². The number of ether oxygens (including phenoxy) is 1. The zero-order valence-corrected chi connectivity index (χ0v) is 13.8. The van der Waals surface area contributed by atoms with Crippen molar-refractivity contribution in [3.8, 4) is 5.75 Å². The van der Waals surface area contributed by atoms with E-state index < -0.39 is 4.92 Å². The minimum atomic E-state index is -0.403. The lowest BCUT2D eigenvalue weighted by Gasteiger charge is -2.36. The molecule has 3 rings (SSSR count). The number of likely N-dealkylation sites (N-methyl/N-ethyl adjacent to an activating group) is 1. The van der Waals surface area contributed by atoms with Crippen molar-refractivity contribution < 1.29 is 9.66 Å². The summed E-state index contributed by atoms with van der Waals surface area (Å²) in [5.41, 5.74) is 1.02. The Labute approximate surface area is 136 Å². The zero-order chi connectivity index (χ0) is 16.4. The molecule has 0 bridgehead atoms. The van der Waals surface area contributed by atoms with Crippen LogP contribution >= 0.6 is 0 Å². The highest BCUT2D eigenvalue weighted by Crippen LogP contribution is 2.33. The van der Waals surface area contributed by atoms with Crippen molar-refractivity contribution >= 4 is 11.4 Å². The molecule has 2 heterocycles. The molecule has 0 aliphatic carbocycles. The Balaban J connectivity index is 1.68. The van der Waals surface area contributed by atoms with Crippen LogP contribution in [0.5, 0.6) is 5.75 Å². The van der Waals surface area contributed by atoms with E-state index >= 15 is 0 Å². The number of nitro groups is 1. The average molecular weight is 320 g/mol. The van der Waals surface area contributed by atoms with E-state index in [4.69, 9.17) is 4.74 Å². The van der Waals surface area contributed by atoms with Gasteiger partial charge in [-0.3, -0.25) is 15.0 Å². The van der Waals surface area contributed by atoms with Crippen LogP contribution in [0.2, 0.25) is 0 Å². The van der Waals surface area contributed by atoms with Gasteiger partial charge in [-0.05, 0) is 19.5 Å². The second-order valence-electron chi connectivity index (χ2n) is 6.34. The minimum Gasteiger partial charge on any atom is -0.490 e. The number of piperazine rings is 1. The summed E-state index contributed by atoms with van der Waals surface area (Å²) < 4.78 is 5.18. The SMILES string of the molecule is COc1cc(N2CCC(N3CCN(C)CC3)C2)ccc1[N+](=O)[O-]. The molecule has 2 aliphatic heterocycles. The van der Waals surface area contributed by atoms with Crippen molar-refractivity contribution in [3.63, 3.8) is 0 Å². The first kappa shape index (κ1) is 16.0. The molecule has 0 saturated carbocycles. The predicted molar refractivity (Wildman–Crippen MR) is 89.3 cm³/mol. The number of hydrogen-bond acceptors (Lipinski definition) is 6. The van der Waals surface area contributed by atoms with Gasteiger partial charge in [-0.15, -0.1) is 0 Å². The second kappa shape index (κ2) is 6.72. The highest BCUT2D eigenvalue weighted by Gasteiger charge is 2.30. The molecule has 0 aromatic heterocycles. The van der Waals surface area contributed by atoms with E-state index in [9.17, 15) is 10.1 Å². The maximum absolute atomic E-state index is 11.0. The van der Waals surface area contributed by atoms with Crippen LogP contribution in [0.25, 0.3) is 0 Å². The van der Waals surface area contributed by atoms with Crippen LogP contribution in [-0.2, 0) is 0 Å². The molecule has 0 radical (unpaired) electrons. The Kier molecular flexibility index (Phi) is 4.68. The number of nitrogens with zero attached hydrogens (tertiary/aromatic N) is 4. The molecule has 1 unspecified atom stereocenters. The molecule has 0 spiro atoms. The van der Waals surface area contributed by atoms with Crippen molar-refractivity contribution in [2.75, 3.05) is 58.3 Å². The van der Waals surface area contributed by atoms with E-state index in [0.29, 0.717) is 11.8 Å². The van der Waals surface area contributed by atoms with Gasteiger partial charge in [0.15, 0.2) is 5.75 Å². The van der Waals surface area contributed by atoms with Crippen LogP contribution in [0.4, 0.5) is 11.4 Å². The Hall–Kier alpha value is -1.86. The Morgan fingerprint density at radius 3 is 2.61 bits per heavy atom. The summed E-state index contributed by atoms with van der Waals surface area (Å²) in [7, 11) is 3.64. The summed E-state index contributed by atoms with van der Waals surface area (Å²) in [5.74, 6) is 0.329. The first-order chi connectivity index (χ1) is 11.1. The lowest BCUT2D eigenvalue weighted by molar-refractivity contribution is -0.385. The van der Waals surface area contributed by atoms with Gasteiger partial charge in [0.25, 0.3) is 0 Å². The van der Waals surface area contributed by atoms with Crippen LogP contribution in [0, 0.1) is 10.1 Å². The largest absolute Gasteiger partial charge is 0.490 e. The summed E-state index contributed by atoms with van der Waals surface area (Å²) in [5, 5.41) is 11.0. The molecule has 7 nitrogen and oxygen atoms in total. The fraction of sp³-hybridized carbons (Fsp3) is 0.625. The number of methoxy groups -OCH3 is 1. The van der Waals surface area contributed by atoms with Gasteiger partial charge in [0.2, 0.25) is 0 Å². The standard InChI is InChI=1S/C16H24N4O3/c1-17-7-9-18(10-8-17)14-5-6-19(12-14)13-3-4-15(20(21)22)16(11-13)23-2/h3-4,11,14H,5-10,12H2,1-2H3. The summed E-state index contributed by atoms with van der Waals surface area (Å²) in [4.78, 5) is 17.8. The normalized spacial score (nSPS) is 23.2. The summed E-state index contributed by atoms with van der Waals surface area (Å²) >= 11 is 0. The summed E-state index contributed by atoms with van der Waals surface area (Å²) in [6.45, 7) is 6.46. The van der Waals surface area contributed by atoms with Crippen LogP contribution in [0.1, 0.15) is 6.42 Å². The number of benzene rings is 1. The van der Waals surface area contributed by atoms with Crippen LogP contribution < -0.4 is 9.64 Å². The van der Waals surface area contributed by atoms with Gasteiger partial charge in [-0.1, -0.05) is 0 Å². The second-order valence-corrected chi connectivity index (χ2v) is 6.34. The number of anilines is 1. The van der Waals surface area contributed by atoms with Gasteiger partial charge in [-0.25, -0.2) is 0 Å². The van der Waals surface area contributed by atoms with E-state index in [1.165, 1.54) is 13.2 Å². The van der Waals surface area contributed by atoms with Gasteiger partial charge >= 0.3 is 5.69 Å². The molecule has 2 fully saturated rings. The fourth-order valence-corrected chi connectivity index (χ4v) is 3.48. The Morgan fingerprint density at radius 2 is 1.96 bits per heavy atom. The van der Waals surface area contributed by atoms with Crippen LogP contribution in [0.15, 0.2) is 18.2 Å². The van der Waals surface area contributed by atoms with E-state index in [2.05, 4.69) is 21.7 Å². The predicted octanol–water partition coefficient (Wildman–Crippen LogP) is 1.43. The van der Waals surface area contributed by atoms with Gasteiger partial charge in [0.1, 0.15) is 0 Å². The molecule has 2 aliphatic rings. The molecule has 1 atom stereocenters. The Morgan fingerprint density at radius 1 is 1.22 bits per heavy atom. The third-order valence-electron chi connectivity index (χ3n) is 4.94. The third kappa shape index (κ3) is 3.40. The molecular weight excluding hydrogens is 296 g/mol. The summed E-state index contributed by atoms with van der Waals surface area (Å²) in [6, 6.07) is 5.72. The summed E-state index contributed by atoms with van der Waals surface area (Å²) in [6.07, 6.45) is 1.14. The molecule has 1 aromatic rings. The minimum absolute atomic E-state index is 0.0195. The lowest BCUT2D eigenvalue weighted by Crippen LogP contribution is -2.49. The topological polar surface area (TPSA) is 62.1 Å². The van der Waals surface area contributed by atoms with Crippen molar-refractivity contribution in [1.82, 2.24) is 9.80 Å². The van der Waals surface area contributed by atoms with Crippen LogP contribution in [-0.4, -0.2) is 74.2 Å². The van der Waals surface area contributed by atoms with Crippen molar-refractivity contribution in [1.29, 1.82) is 0 Å². The fourth-order valence-electron chi connectivity index (χ4n) is 3.48. The highest BCUT2D eigenvalue weighted by atomic mass is 16.6. The highest BCUT2D eigenvalue weighted by molar-refractivity contribution is 5.59. The molecule has 126 valence electrons. The smallest absolute Gasteiger partial charge is 0.311 e. The van der Waals surface area contributed by atoms with Crippen molar-refractivity contribution in [2.24, 2.45) is 0 Å². The average Bonchev–Trinajstić information content (AvgIpc) is 3.04. The van der Waals surface area contributed by atoms with Gasteiger partial charge in [0, 0.05) is 63.1 Å². The van der Waals surface area contributed by atoms with Gasteiger partial charge in [-0.2, -0.15) is 0 Å². The molecule has 7 heteroatoms. The van der Waals surface area contributed by atoms with E-state index in [-0.39, 0.29) is 5.69 Å². The molecule has 0 N–H and O–H groups in total.